The second-order valence-corrected chi connectivity index (χ2v) is 8.09. The Morgan fingerprint density at radius 2 is 1.76 bits per heavy atom. The molecule has 1 saturated heterocycles. The first kappa shape index (κ1) is 26.0. The van der Waals surface area contributed by atoms with Crippen molar-refractivity contribution < 1.29 is 38.5 Å². The number of nitrogens with one attached hydrogen (secondary N) is 1. The molecule has 0 atom stereocenters. The molecule has 38 heavy (non-hydrogen) atoms. The number of hydrogen-bond acceptors (Lipinski definition) is 7. The summed E-state index contributed by atoms with van der Waals surface area (Å²) in [6, 6.07) is 16.7. The number of carbonyl (C=O) groups is 4. The number of aromatic carboxylic acids is 1. The fourth-order valence-corrected chi connectivity index (χ4v) is 3.79. The summed E-state index contributed by atoms with van der Waals surface area (Å²) in [5.41, 5.74) is 1.27. The van der Waals surface area contributed by atoms with Crippen molar-refractivity contribution in [1.82, 2.24) is 5.32 Å². The van der Waals surface area contributed by atoms with Crippen LogP contribution in [-0.2, 0) is 16.2 Å². The van der Waals surface area contributed by atoms with Crippen LogP contribution in [0.25, 0.3) is 6.08 Å². The summed E-state index contributed by atoms with van der Waals surface area (Å²) in [6.45, 7) is 2.31. The van der Waals surface area contributed by atoms with Gasteiger partial charge in [0, 0.05) is 6.07 Å². The van der Waals surface area contributed by atoms with E-state index in [1.807, 2.05) is 6.92 Å². The second kappa shape index (κ2) is 11.3. The maximum Gasteiger partial charge on any atom is 0.335 e. The summed E-state index contributed by atoms with van der Waals surface area (Å²) >= 11 is 0. The van der Waals surface area contributed by atoms with Gasteiger partial charge < -0.3 is 19.3 Å². The van der Waals surface area contributed by atoms with Gasteiger partial charge in [0.15, 0.2) is 11.5 Å². The summed E-state index contributed by atoms with van der Waals surface area (Å²) in [5, 5.41) is 11.4. The Bertz CT molecular complexity index is 1450. The van der Waals surface area contributed by atoms with Crippen LogP contribution in [0.2, 0.25) is 0 Å². The lowest BCUT2D eigenvalue weighted by atomic mass is 10.1. The van der Waals surface area contributed by atoms with Crippen LogP contribution in [0.4, 0.5) is 10.5 Å². The zero-order valence-corrected chi connectivity index (χ0v) is 20.6. The molecule has 194 valence electrons. The predicted octanol–water partition coefficient (Wildman–Crippen LogP) is 4.04. The lowest BCUT2D eigenvalue weighted by Crippen LogP contribution is -2.54. The Morgan fingerprint density at radius 1 is 0.974 bits per heavy atom. The van der Waals surface area contributed by atoms with E-state index in [0.29, 0.717) is 35.0 Å². The zero-order valence-electron chi connectivity index (χ0n) is 20.6. The largest absolute Gasteiger partial charge is 0.494 e. The van der Waals surface area contributed by atoms with Crippen molar-refractivity contribution in [1.29, 1.82) is 0 Å². The molecule has 1 aliphatic rings. The molecule has 0 aliphatic carbocycles. The number of carbonyl (C=O) groups excluding carboxylic acids is 3. The maximum atomic E-state index is 13.2. The number of barbiturate groups is 1. The molecule has 0 saturated carbocycles. The van der Waals surface area contributed by atoms with Gasteiger partial charge in [-0.15, -0.1) is 0 Å². The number of amides is 4. The minimum Gasteiger partial charge on any atom is -0.494 e. The Hall–Kier alpha value is -5.12. The lowest BCUT2D eigenvalue weighted by Gasteiger charge is -2.26. The average molecular weight is 517 g/mol. The summed E-state index contributed by atoms with van der Waals surface area (Å²) in [5.74, 6) is -1.47. The van der Waals surface area contributed by atoms with Gasteiger partial charge in [0.25, 0.3) is 11.8 Å². The van der Waals surface area contributed by atoms with Crippen LogP contribution < -0.4 is 24.4 Å². The van der Waals surface area contributed by atoms with E-state index in [1.165, 1.54) is 31.4 Å². The first-order valence-electron chi connectivity index (χ1n) is 11.6. The molecule has 1 fully saturated rings. The number of urea groups is 1. The number of nitrogens with zero attached hydrogens (tertiary/aromatic N) is 1. The Balaban J connectivity index is 1.57. The van der Waals surface area contributed by atoms with Crippen LogP contribution in [0, 0.1) is 0 Å². The molecule has 1 heterocycles. The van der Waals surface area contributed by atoms with E-state index in [0.717, 1.165) is 4.90 Å². The molecule has 10 nitrogen and oxygen atoms in total. The predicted molar refractivity (Wildman–Crippen MR) is 137 cm³/mol. The molecule has 0 aromatic heterocycles. The van der Waals surface area contributed by atoms with Gasteiger partial charge >= 0.3 is 12.0 Å². The highest BCUT2D eigenvalue weighted by molar-refractivity contribution is 6.39. The maximum absolute atomic E-state index is 13.2. The Kier molecular flexibility index (Phi) is 7.72. The van der Waals surface area contributed by atoms with Gasteiger partial charge in [0.2, 0.25) is 0 Å². The van der Waals surface area contributed by atoms with Crippen LogP contribution in [0.5, 0.6) is 17.2 Å². The van der Waals surface area contributed by atoms with Gasteiger partial charge in [-0.1, -0.05) is 24.3 Å². The van der Waals surface area contributed by atoms with Gasteiger partial charge in [-0.05, 0) is 60.5 Å². The van der Waals surface area contributed by atoms with Crippen molar-refractivity contribution in [3.05, 3.63) is 89.0 Å². The molecule has 4 amide bonds. The number of anilines is 1. The number of imide groups is 2. The summed E-state index contributed by atoms with van der Waals surface area (Å²) < 4.78 is 16.7. The van der Waals surface area contributed by atoms with Crippen LogP contribution in [0.1, 0.15) is 28.4 Å². The summed E-state index contributed by atoms with van der Waals surface area (Å²) in [4.78, 5) is 50.3. The van der Waals surface area contributed by atoms with Gasteiger partial charge in [-0.2, -0.15) is 0 Å². The van der Waals surface area contributed by atoms with E-state index >= 15 is 0 Å². The Labute approximate surface area is 218 Å². The molecule has 0 unspecified atom stereocenters. The molecule has 0 radical (unpaired) electrons. The standard InChI is InChI=1S/C28H24N2O8/c1-3-37-21-9-5-8-20(15-21)30-26(32)22(25(31)29-28(30)35)13-17-10-11-23(24(14-17)36-2)38-16-18-6-4-7-19(12-18)27(33)34/h4-15H,3,16H2,1-2H3,(H,33,34)(H,29,31,35)/b22-13+. The van der Waals surface area contributed by atoms with Gasteiger partial charge in [-0.25, -0.2) is 14.5 Å². The highest BCUT2D eigenvalue weighted by Crippen LogP contribution is 2.31. The fraction of sp³-hybridized carbons (Fsp3) is 0.143. The molecule has 4 rings (SSSR count). The lowest BCUT2D eigenvalue weighted by molar-refractivity contribution is -0.122. The van der Waals surface area contributed by atoms with E-state index in [2.05, 4.69) is 5.32 Å². The van der Waals surface area contributed by atoms with Crippen LogP contribution in [-0.4, -0.2) is 42.6 Å². The van der Waals surface area contributed by atoms with Gasteiger partial charge in [0.05, 0.1) is 25.0 Å². The van der Waals surface area contributed by atoms with Gasteiger partial charge in [0.1, 0.15) is 17.9 Å². The van der Waals surface area contributed by atoms with Crippen molar-refractivity contribution in [3.63, 3.8) is 0 Å². The molecule has 0 bridgehead atoms. The van der Waals surface area contributed by atoms with Crippen LogP contribution >= 0.6 is 0 Å². The van der Waals surface area contributed by atoms with E-state index in [1.54, 1.807) is 48.5 Å². The van der Waals surface area contributed by atoms with E-state index in [9.17, 15) is 19.2 Å². The Morgan fingerprint density at radius 3 is 2.50 bits per heavy atom. The summed E-state index contributed by atoms with van der Waals surface area (Å²) in [6.07, 6.45) is 1.35. The topological polar surface area (TPSA) is 131 Å². The fourth-order valence-electron chi connectivity index (χ4n) is 3.79. The van der Waals surface area contributed by atoms with Crippen molar-refractivity contribution in [2.75, 3.05) is 18.6 Å². The molecular weight excluding hydrogens is 492 g/mol. The highest BCUT2D eigenvalue weighted by Gasteiger charge is 2.37. The van der Waals surface area contributed by atoms with E-state index in [4.69, 9.17) is 19.3 Å². The molecule has 1 aliphatic heterocycles. The SMILES string of the molecule is CCOc1cccc(N2C(=O)NC(=O)/C(=C\c3ccc(OCc4cccc(C(=O)O)c4)c(OC)c3)C2=O)c1. The zero-order chi connectivity index (χ0) is 27.2. The number of ether oxygens (including phenoxy) is 3. The van der Waals surface area contributed by atoms with E-state index in [-0.39, 0.29) is 23.4 Å². The minimum absolute atomic E-state index is 0.0939. The first-order chi connectivity index (χ1) is 18.3. The number of benzene rings is 3. The number of carboxylic acid groups (broad SMARTS) is 1. The van der Waals surface area contributed by atoms with Crippen molar-refractivity contribution >= 4 is 35.6 Å². The first-order valence-corrected chi connectivity index (χ1v) is 11.6. The monoisotopic (exact) mass is 516 g/mol. The normalized spacial score (nSPS) is 14.3. The quantitative estimate of drug-likeness (QED) is 0.322. The third kappa shape index (κ3) is 5.65. The average Bonchev–Trinajstić information content (AvgIpc) is 2.90. The molecule has 0 spiro atoms. The van der Waals surface area contributed by atoms with Crippen LogP contribution in [0.15, 0.2) is 72.3 Å². The van der Waals surface area contributed by atoms with E-state index < -0.39 is 23.8 Å². The molecule has 10 heteroatoms. The van der Waals surface area contributed by atoms with Gasteiger partial charge in [-0.3, -0.25) is 14.9 Å². The minimum atomic E-state index is -1.04. The van der Waals surface area contributed by atoms with Crippen molar-refractivity contribution in [3.8, 4) is 17.2 Å². The number of hydrogen-bond donors (Lipinski definition) is 2. The second-order valence-electron chi connectivity index (χ2n) is 8.09. The highest BCUT2D eigenvalue weighted by atomic mass is 16.5. The number of methoxy groups -OCH3 is 1. The van der Waals surface area contributed by atoms with Crippen molar-refractivity contribution in [2.24, 2.45) is 0 Å². The van der Waals surface area contributed by atoms with Crippen LogP contribution in [0.3, 0.4) is 0 Å². The summed E-state index contributed by atoms with van der Waals surface area (Å²) in [7, 11) is 1.44. The third-order valence-corrected chi connectivity index (χ3v) is 5.56. The molecular formula is C28H24N2O8. The number of rotatable bonds is 9. The molecule has 2 N–H and O–H groups in total. The molecule has 3 aromatic carbocycles. The smallest absolute Gasteiger partial charge is 0.335 e. The van der Waals surface area contributed by atoms with Crippen molar-refractivity contribution in [2.45, 2.75) is 13.5 Å². The molecule has 3 aromatic rings. The number of carboxylic acids is 1. The third-order valence-electron chi connectivity index (χ3n) is 5.56.